The summed E-state index contributed by atoms with van der Waals surface area (Å²) in [4.78, 5) is 0. The summed E-state index contributed by atoms with van der Waals surface area (Å²) in [7, 11) is 1.67. The van der Waals surface area contributed by atoms with Gasteiger partial charge in [-0.1, -0.05) is 17.7 Å². The average Bonchev–Trinajstić information content (AvgIpc) is 3.10. The molecule has 0 saturated heterocycles. The second-order valence-electron chi connectivity index (χ2n) is 7.96. The van der Waals surface area contributed by atoms with Crippen molar-refractivity contribution in [3.8, 4) is 17.2 Å². The number of benzene rings is 2. The Balaban J connectivity index is 0.00000231. The largest absolute Gasteiger partial charge is 0.497 e. The van der Waals surface area contributed by atoms with E-state index in [9.17, 15) is 0 Å². The summed E-state index contributed by atoms with van der Waals surface area (Å²) in [6.07, 6.45) is 4.27. The van der Waals surface area contributed by atoms with Crippen LogP contribution in [0.5, 0.6) is 11.5 Å². The third-order valence-electron chi connectivity index (χ3n) is 6.02. The van der Waals surface area contributed by atoms with Crippen molar-refractivity contribution >= 4 is 24.0 Å². The van der Waals surface area contributed by atoms with Crippen molar-refractivity contribution in [3.05, 3.63) is 64.7 Å². The number of fused-ring (bicyclic) bond motifs is 3. The fraction of sp³-hybridized carbons (Fsp3) is 0.391. The third kappa shape index (κ3) is 4.52. The summed E-state index contributed by atoms with van der Waals surface area (Å²) in [6, 6.07) is 13.9. The number of hydrogen-bond donors (Lipinski definition) is 1. The fourth-order valence-corrected chi connectivity index (χ4v) is 4.70. The minimum atomic E-state index is 0. The Bertz CT molecular complexity index is 1050. The van der Waals surface area contributed by atoms with Crippen LogP contribution < -0.4 is 14.8 Å². The molecule has 6 nitrogen and oxygen atoms in total. The van der Waals surface area contributed by atoms with E-state index in [1.165, 1.54) is 5.56 Å². The fourth-order valence-electron chi connectivity index (χ4n) is 4.50. The van der Waals surface area contributed by atoms with Gasteiger partial charge >= 0.3 is 0 Å². The van der Waals surface area contributed by atoms with E-state index < -0.39 is 0 Å². The smallest absolute Gasteiger partial charge is 0.151 e. The van der Waals surface area contributed by atoms with E-state index in [-0.39, 0.29) is 18.5 Å². The monoisotopic (exact) mass is 460 g/mol. The lowest BCUT2D eigenvalue weighted by Gasteiger charge is -2.29. The van der Waals surface area contributed by atoms with Gasteiger partial charge in [0.15, 0.2) is 5.82 Å². The van der Waals surface area contributed by atoms with Gasteiger partial charge in [-0.25, -0.2) is 0 Å². The molecule has 2 aliphatic rings. The summed E-state index contributed by atoms with van der Waals surface area (Å²) in [5, 5.41) is 13.3. The molecule has 0 radical (unpaired) electrons. The van der Waals surface area contributed by atoms with Crippen LogP contribution >= 0.6 is 24.0 Å². The molecule has 0 bridgehead atoms. The van der Waals surface area contributed by atoms with Gasteiger partial charge in [-0.05, 0) is 61.6 Å². The quantitative estimate of drug-likeness (QED) is 0.589. The zero-order valence-electron chi connectivity index (χ0n) is 17.4. The predicted octanol–water partition coefficient (Wildman–Crippen LogP) is 5.06. The van der Waals surface area contributed by atoms with E-state index >= 15 is 0 Å². The third-order valence-corrected chi connectivity index (χ3v) is 6.25. The predicted molar refractivity (Wildman–Crippen MR) is 123 cm³/mol. The molecule has 3 aromatic rings. The molecule has 1 saturated carbocycles. The Labute approximate surface area is 193 Å². The first-order chi connectivity index (χ1) is 14.7. The van der Waals surface area contributed by atoms with E-state index in [0.29, 0.717) is 12.5 Å². The van der Waals surface area contributed by atoms with Gasteiger partial charge in [0.25, 0.3) is 0 Å². The van der Waals surface area contributed by atoms with Gasteiger partial charge in [-0.3, -0.25) is 4.57 Å². The molecule has 1 aromatic heterocycles. The lowest BCUT2D eigenvalue weighted by molar-refractivity contribution is 0.144. The van der Waals surface area contributed by atoms with E-state index in [0.717, 1.165) is 66.1 Å². The molecule has 0 unspecified atom stereocenters. The Morgan fingerprint density at radius 3 is 2.61 bits per heavy atom. The van der Waals surface area contributed by atoms with Gasteiger partial charge < -0.3 is 14.8 Å². The molecule has 0 spiro atoms. The Morgan fingerprint density at radius 2 is 1.81 bits per heavy atom. The van der Waals surface area contributed by atoms with Crippen LogP contribution in [0.4, 0.5) is 0 Å². The average molecular weight is 461 g/mol. The minimum Gasteiger partial charge on any atom is -0.497 e. The summed E-state index contributed by atoms with van der Waals surface area (Å²) in [5.41, 5.74) is 2.31. The van der Waals surface area contributed by atoms with Crippen molar-refractivity contribution in [1.82, 2.24) is 20.1 Å². The first-order valence-electron chi connectivity index (χ1n) is 10.5. The second kappa shape index (κ2) is 9.47. The van der Waals surface area contributed by atoms with Crippen LogP contribution in [0, 0.1) is 0 Å². The number of halogens is 2. The number of hydrogen-bond acceptors (Lipinski definition) is 5. The molecule has 164 valence electrons. The SMILES string of the molecule is COc1cccc(O[C@H]2CC[C@H](c3nnc4n3-c3ccc(Cl)cc3CNC4)CC2)c1.Cl. The summed E-state index contributed by atoms with van der Waals surface area (Å²) in [6.45, 7) is 1.48. The molecular weight excluding hydrogens is 435 g/mol. The molecule has 2 aromatic carbocycles. The number of aromatic nitrogens is 3. The first kappa shape index (κ1) is 21.9. The van der Waals surface area contributed by atoms with Crippen molar-refractivity contribution in [2.24, 2.45) is 0 Å². The van der Waals surface area contributed by atoms with Crippen LogP contribution in [-0.4, -0.2) is 28.0 Å². The van der Waals surface area contributed by atoms with Crippen LogP contribution in [0.2, 0.25) is 5.02 Å². The number of rotatable bonds is 4. The molecule has 0 atom stereocenters. The molecule has 1 aliphatic carbocycles. The molecule has 1 N–H and O–H groups in total. The summed E-state index contributed by atoms with van der Waals surface area (Å²) >= 11 is 6.23. The standard InChI is InChI=1S/C23H25ClN4O2.ClH/c1-29-19-3-2-4-20(12-19)30-18-8-5-15(6-9-18)23-27-26-22-14-25-13-16-11-17(24)7-10-21(16)28(22)23;/h2-4,7,10-12,15,18,25H,5-6,8-9,13-14H2,1H3;1H/t15-,18-;. The number of nitrogens with zero attached hydrogens (tertiary/aromatic N) is 3. The molecule has 1 aliphatic heterocycles. The topological polar surface area (TPSA) is 61.2 Å². The van der Waals surface area contributed by atoms with Crippen LogP contribution in [0.15, 0.2) is 42.5 Å². The van der Waals surface area contributed by atoms with Crippen LogP contribution in [-0.2, 0) is 13.1 Å². The van der Waals surface area contributed by atoms with Crippen molar-refractivity contribution in [2.75, 3.05) is 7.11 Å². The van der Waals surface area contributed by atoms with E-state index in [4.69, 9.17) is 21.1 Å². The first-order valence-corrected chi connectivity index (χ1v) is 10.8. The van der Waals surface area contributed by atoms with Gasteiger partial charge in [-0.15, -0.1) is 22.6 Å². The molecule has 31 heavy (non-hydrogen) atoms. The van der Waals surface area contributed by atoms with Crippen LogP contribution in [0.3, 0.4) is 0 Å². The minimum absolute atomic E-state index is 0. The molecule has 5 rings (SSSR count). The zero-order chi connectivity index (χ0) is 20.5. The van der Waals surface area contributed by atoms with Crippen molar-refractivity contribution in [2.45, 2.75) is 50.8 Å². The molecule has 2 heterocycles. The van der Waals surface area contributed by atoms with Gasteiger partial charge in [0.1, 0.15) is 17.3 Å². The van der Waals surface area contributed by atoms with Gasteiger partial charge in [0.05, 0.1) is 25.4 Å². The highest BCUT2D eigenvalue weighted by atomic mass is 35.5. The highest BCUT2D eigenvalue weighted by molar-refractivity contribution is 6.30. The number of nitrogens with one attached hydrogen (secondary N) is 1. The molecule has 8 heteroatoms. The molecule has 0 amide bonds. The van der Waals surface area contributed by atoms with Crippen molar-refractivity contribution < 1.29 is 9.47 Å². The lowest BCUT2D eigenvalue weighted by Crippen LogP contribution is -2.25. The maximum absolute atomic E-state index is 6.23. The van der Waals surface area contributed by atoms with E-state index in [1.807, 2.05) is 36.4 Å². The Kier molecular flexibility index (Phi) is 6.70. The Morgan fingerprint density at radius 1 is 1.00 bits per heavy atom. The van der Waals surface area contributed by atoms with E-state index in [2.05, 4.69) is 26.1 Å². The summed E-state index contributed by atoms with van der Waals surface area (Å²) < 4.78 is 13.8. The highest BCUT2D eigenvalue weighted by Crippen LogP contribution is 2.36. The van der Waals surface area contributed by atoms with Gasteiger partial charge in [0, 0.05) is 23.6 Å². The number of ether oxygens (including phenoxy) is 2. The van der Waals surface area contributed by atoms with Crippen LogP contribution in [0.1, 0.15) is 48.8 Å². The maximum Gasteiger partial charge on any atom is 0.151 e. The van der Waals surface area contributed by atoms with Crippen LogP contribution in [0.25, 0.3) is 5.69 Å². The Hall–Kier alpha value is -2.28. The van der Waals surface area contributed by atoms with E-state index in [1.54, 1.807) is 7.11 Å². The molecule has 1 fully saturated rings. The summed E-state index contributed by atoms with van der Waals surface area (Å²) in [5.74, 6) is 4.07. The second-order valence-corrected chi connectivity index (χ2v) is 8.39. The van der Waals surface area contributed by atoms with Crippen molar-refractivity contribution in [3.63, 3.8) is 0 Å². The van der Waals surface area contributed by atoms with Gasteiger partial charge in [-0.2, -0.15) is 0 Å². The maximum atomic E-state index is 6.23. The highest BCUT2D eigenvalue weighted by Gasteiger charge is 2.30. The van der Waals surface area contributed by atoms with Gasteiger partial charge in [0.2, 0.25) is 0 Å². The zero-order valence-corrected chi connectivity index (χ0v) is 19.0. The lowest BCUT2D eigenvalue weighted by atomic mass is 9.86. The normalized spacial score (nSPS) is 20.1. The molecular formula is C23H26Cl2N4O2. The number of methoxy groups -OCH3 is 1. The van der Waals surface area contributed by atoms with Crippen molar-refractivity contribution in [1.29, 1.82) is 0 Å².